The van der Waals surface area contributed by atoms with Gasteiger partial charge in [0, 0.05) is 5.56 Å². The van der Waals surface area contributed by atoms with Crippen molar-refractivity contribution in [3.8, 4) is 0 Å². The van der Waals surface area contributed by atoms with E-state index in [4.69, 9.17) is 4.74 Å². The van der Waals surface area contributed by atoms with E-state index in [0.29, 0.717) is 16.6 Å². The number of benzene rings is 2. The topological polar surface area (TPSA) is 99.6 Å². The molecule has 0 radical (unpaired) electrons. The molecule has 0 bridgehead atoms. The fraction of sp³-hybridized carbons (Fsp3) is 0.158. The van der Waals surface area contributed by atoms with Gasteiger partial charge in [-0.25, -0.2) is 9.36 Å². The van der Waals surface area contributed by atoms with Crippen molar-refractivity contribution in [3.05, 3.63) is 66.0 Å². The van der Waals surface area contributed by atoms with Gasteiger partial charge in [-0.1, -0.05) is 40.1 Å². The lowest BCUT2D eigenvalue weighted by molar-refractivity contribution is -0.648. The summed E-state index contributed by atoms with van der Waals surface area (Å²) in [5.41, 5.74) is 1.55. The third-order valence-electron chi connectivity index (χ3n) is 3.89. The summed E-state index contributed by atoms with van der Waals surface area (Å²) in [6.07, 6.45) is 0. The highest BCUT2D eigenvalue weighted by Crippen LogP contribution is 2.14. The maximum atomic E-state index is 12.4. The van der Waals surface area contributed by atoms with Crippen molar-refractivity contribution in [3.63, 3.8) is 0 Å². The minimum Gasteiger partial charge on any atom is -0.843 e. The maximum absolute atomic E-state index is 12.4. The van der Waals surface area contributed by atoms with Crippen LogP contribution >= 0.6 is 0 Å². The Morgan fingerprint density at radius 2 is 1.81 bits per heavy atom. The molecule has 0 aliphatic carbocycles. The molecular weight excluding hydrogens is 348 g/mol. The molecule has 1 amide bonds. The number of rotatable bonds is 4. The van der Waals surface area contributed by atoms with Crippen LogP contribution < -0.4 is 15.0 Å². The van der Waals surface area contributed by atoms with E-state index in [1.54, 1.807) is 73.1 Å². The molecule has 1 heterocycles. The predicted molar refractivity (Wildman–Crippen MR) is 95.8 cm³/mol. The number of fused-ring (bicyclic) bond motifs is 1. The Morgan fingerprint density at radius 1 is 1.15 bits per heavy atom. The zero-order valence-electron chi connectivity index (χ0n) is 14.9. The molecule has 8 nitrogen and oxygen atoms in total. The van der Waals surface area contributed by atoms with Crippen molar-refractivity contribution in [1.82, 2.24) is 9.99 Å². The normalized spacial score (nSPS) is 11.4. The molecule has 0 unspecified atom stereocenters. The lowest BCUT2D eigenvalue weighted by Crippen LogP contribution is -2.41. The number of amides is 1. The zero-order chi connectivity index (χ0) is 19.4. The number of amidine groups is 1. The van der Waals surface area contributed by atoms with E-state index < -0.39 is 17.9 Å². The summed E-state index contributed by atoms with van der Waals surface area (Å²) in [5, 5.41) is 18.4. The smallest absolute Gasteiger partial charge is 0.424 e. The number of hydrogen-bond acceptors (Lipinski definition) is 5. The summed E-state index contributed by atoms with van der Waals surface area (Å²) in [5.74, 6) is -1.13. The van der Waals surface area contributed by atoms with Crippen LogP contribution in [0.2, 0.25) is 0 Å². The summed E-state index contributed by atoms with van der Waals surface area (Å²) in [6, 6.07) is 14.5. The van der Waals surface area contributed by atoms with Crippen molar-refractivity contribution in [2.45, 2.75) is 6.92 Å². The van der Waals surface area contributed by atoms with Crippen molar-refractivity contribution in [1.29, 1.82) is 0 Å². The molecule has 3 rings (SSSR count). The fourth-order valence-corrected chi connectivity index (χ4v) is 2.69. The van der Waals surface area contributed by atoms with Crippen LogP contribution in [0.3, 0.4) is 0 Å². The molecule has 8 heteroatoms. The van der Waals surface area contributed by atoms with Crippen LogP contribution in [0.15, 0.2) is 59.7 Å². The Bertz CT molecular complexity index is 1020. The number of nitrogens with zero attached hydrogens (tertiary/aromatic N) is 3. The molecule has 1 aromatic heterocycles. The van der Waals surface area contributed by atoms with E-state index in [1.807, 2.05) is 0 Å². The average molecular weight is 366 g/mol. The lowest BCUT2D eigenvalue weighted by Gasteiger charge is -2.10. The zero-order valence-corrected chi connectivity index (χ0v) is 14.9. The van der Waals surface area contributed by atoms with Gasteiger partial charge in [0.05, 0.1) is 13.7 Å². The van der Waals surface area contributed by atoms with E-state index in [-0.39, 0.29) is 12.4 Å². The fourth-order valence-electron chi connectivity index (χ4n) is 2.69. The summed E-state index contributed by atoms with van der Waals surface area (Å²) < 4.78 is 7.84. The predicted octanol–water partition coefficient (Wildman–Crippen LogP) is 0.552. The molecule has 0 atom stereocenters. The van der Waals surface area contributed by atoms with Gasteiger partial charge in [-0.15, -0.1) is 0 Å². The lowest BCUT2D eigenvalue weighted by atomic mass is 10.2. The van der Waals surface area contributed by atoms with Gasteiger partial charge in [0.2, 0.25) is 5.52 Å². The molecule has 1 N–H and O–H groups in total. The Labute approximate surface area is 155 Å². The second-order valence-electron chi connectivity index (χ2n) is 5.63. The van der Waals surface area contributed by atoms with E-state index in [9.17, 15) is 14.7 Å². The summed E-state index contributed by atoms with van der Waals surface area (Å²) in [4.78, 5) is 24.5. The number of ether oxygens (including phenoxy) is 1. The number of esters is 1. The minimum atomic E-state index is -0.893. The molecule has 0 fully saturated rings. The van der Waals surface area contributed by atoms with Gasteiger partial charge in [0.15, 0.2) is 5.52 Å². The van der Waals surface area contributed by atoms with Crippen LogP contribution in [0.1, 0.15) is 27.9 Å². The molecule has 3 aromatic rings. The van der Waals surface area contributed by atoms with Crippen LogP contribution in [0.25, 0.3) is 11.0 Å². The molecule has 0 aliphatic heterocycles. The quantitative estimate of drug-likeness (QED) is 0.315. The van der Waals surface area contributed by atoms with Crippen LogP contribution in [-0.4, -0.2) is 29.2 Å². The first-order valence-corrected chi connectivity index (χ1v) is 8.32. The van der Waals surface area contributed by atoms with Gasteiger partial charge in [-0.05, 0) is 31.2 Å². The number of carbonyl (C=O) groups is 2. The summed E-state index contributed by atoms with van der Waals surface area (Å²) >= 11 is 0. The van der Waals surface area contributed by atoms with Crippen molar-refractivity contribution < 1.29 is 24.0 Å². The molecule has 138 valence electrons. The van der Waals surface area contributed by atoms with Gasteiger partial charge >= 0.3 is 11.8 Å². The van der Waals surface area contributed by atoms with Crippen molar-refractivity contribution in [2.75, 3.05) is 6.61 Å². The van der Waals surface area contributed by atoms with Crippen LogP contribution in [0.5, 0.6) is 0 Å². The second kappa shape index (κ2) is 7.69. The highest BCUT2D eigenvalue weighted by atomic mass is 16.5. The van der Waals surface area contributed by atoms with Crippen LogP contribution in [0, 0.1) is 0 Å². The third kappa shape index (κ3) is 3.64. The summed E-state index contributed by atoms with van der Waals surface area (Å²) in [7, 11) is 1.67. The molecule has 27 heavy (non-hydrogen) atoms. The second-order valence-corrected chi connectivity index (χ2v) is 5.63. The molecule has 0 spiro atoms. The van der Waals surface area contributed by atoms with E-state index >= 15 is 0 Å². The van der Waals surface area contributed by atoms with Crippen LogP contribution in [-0.2, 0) is 11.8 Å². The SMILES string of the molecule is CCOC(=O)c1n(/N=C(/[O-])NC(=O)c2ccccc2)c2ccccc2[n+]1C. The molecular formula is C19H18N4O4. The average Bonchev–Trinajstić information content (AvgIpc) is 2.95. The largest absolute Gasteiger partial charge is 0.843 e. The van der Waals surface area contributed by atoms with Gasteiger partial charge in [0.25, 0.3) is 5.91 Å². The number of nitrogens with one attached hydrogen (secondary N) is 1. The van der Waals surface area contributed by atoms with Crippen LogP contribution in [0.4, 0.5) is 0 Å². The molecule has 0 saturated heterocycles. The van der Waals surface area contributed by atoms with Crippen molar-refractivity contribution in [2.24, 2.45) is 12.1 Å². The van der Waals surface area contributed by atoms with E-state index in [1.165, 1.54) is 4.68 Å². The standard InChI is InChI=1S/C19H18N4O4/c1-3-27-18(25)17-22(2)14-11-7-8-12-15(14)23(17)21-19(26)20-16(24)13-9-5-4-6-10-13/h4-12H,3H2,1-2H3,(H-,20,21,24,25,26). The first-order valence-electron chi connectivity index (χ1n) is 8.32. The van der Waals surface area contributed by atoms with Gasteiger partial charge in [-0.3, -0.25) is 4.79 Å². The number of aryl methyl sites for hydroxylation is 1. The Kier molecular flexibility index (Phi) is 5.16. The van der Waals surface area contributed by atoms with E-state index in [0.717, 1.165) is 0 Å². The van der Waals surface area contributed by atoms with Gasteiger partial charge in [0.1, 0.15) is 6.02 Å². The molecule has 0 aliphatic rings. The maximum Gasteiger partial charge on any atom is 0.424 e. The Morgan fingerprint density at radius 3 is 2.52 bits per heavy atom. The number of imidazole rings is 1. The third-order valence-corrected chi connectivity index (χ3v) is 3.89. The first-order chi connectivity index (χ1) is 13.0. The monoisotopic (exact) mass is 366 g/mol. The van der Waals surface area contributed by atoms with E-state index in [2.05, 4.69) is 10.4 Å². The van der Waals surface area contributed by atoms with Gasteiger partial charge < -0.3 is 15.2 Å². The first kappa shape index (κ1) is 18.1. The number of aromatic nitrogens is 2. The van der Waals surface area contributed by atoms with Gasteiger partial charge in [-0.2, -0.15) is 0 Å². The highest BCUT2D eigenvalue weighted by Gasteiger charge is 2.30. The number of hydrogen-bond donors (Lipinski definition) is 1. The summed E-state index contributed by atoms with van der Waals surface area (Å²) in [6.45, 7) is 1.87. The Balaban J connectivity index is 2.02. The molecule has 2 aromatic carbocycles. The van der Waals surface area contributed by atoms with Crippen molar-refractivity contribution >= 4 is 28.9 Å². The minimum absolute atomic E-state index is 0.0698. The molecule has 0 saturated carbocycles. The number of para-hydroxylation sites is 2. The highest BCUT2D eigenvalue weighted by molar-refractivity contribution is 6.03. The number of carbonyl (C=O) groups excluding carboxylic acids is 2. The Hall–Kier alpha value is -3.68.